The van der Waals surface area contributed by atoms with Gasteiger partial charge in [-0.25, -0.2) is 0 Å². The molecule has 4 N–H and O–H groups in total. The molecule has 1 saturated carbocycles. The van der Waals surface area contributed by atoms with E-state index < -0.39 is 0 Å². The Hall–Kier alpha value is -1.73. The highest BCUT2D eigenvalue weighted by Gasteiger charge is 2.42. The molecule has 0 aliphatic heterocycles. The average molecular weight is 203 g/mol. The van der Waals surface area contributed by atoms with Gasteiger partial charge in [0, 0.05) is 0 Å². The van der Waals surface area contributed by atoms with Crippen LogP contribution in [0, 0.1) is 11.3 Å². The van der Waals surface area contributed by atoms with E-state index in [4.69, 9.17) is 16.1 Å². The minimum absolute atomic E-state index is 0.100. The van der Waals surface area contributed by atoms with Crippen molar-refractivity contribution < 1.29 is 5.11 Å². The Morgan fingerprint density at radius 3 is 2.80 bits per heavy atom. The van der Waals surface area contributed by atoms with E-state index in [1.54, 1.807) is 12.1 Å². The Kier molecular flexibility index (Phi) is 2.25. The third kappa shape index (κ3) is 1.74. The van der Waals surface area contributed by atoms with E-state index in [-0.39, 0.29) is 12.1 Å². The lowest BCUT2D eigenvalue weighted by atomic mass is 10.1. The number of nitrogen functional groups attached to an aromatic ring is 1. The maximum Gasteiger partial charge on any atom is 0.101 e. The molecule has 15 heavy (non-hydrogen) atoms. The summed E-state index contributed by atoms with van der Waals surface area (Å²) in [6.07, 6.45) is 1.89. The third-order valence-electron chi connectivity index (χ3n) is 2.78. The summed E-state index contributed by atoms with van der Waals surface area (Å²) < 4.78 is 0. The average Bonchev–Trinajstić information content (AvgIpc) is 3.02. The molecule has 1 fully saturated rings. The van der Waals surface area contributed by atoms with Gasteiger partial charge in [-0.3, -0.25) is 0 Å². The molecule has 0 aromatic heterocycles. The standard InChI is InChI=1S/C11H13N3O/c12-6-8-2-1-3-9(10(8)13)14-11(7-15)4-5-11/h1-3,14-15H,4-5,7,13H2. The van der Waals surface area contributed by atoms with Gasteiger partial charge in [-0.05, 0) is 25.0 Å². The second-order valence-electron chi connectivity index (χ2n) is 3.94. The van der Waals surface area contributed by atoms with Gasteiger partial charge in [0.15, 0.2) is 0 Å². The number of nitrogens with two attached hydrogens (primary N) is 1. The van der Waals surface area contributed by atoms with Crippen LogP contribution < -0.4 is 11.1 Å². The first kappa shape index (κ1) is 9.81. The van der Waals surface area contributed by atoms with Gasteiger partial charge < -0.3 is 16.2 Å². The predicted octanol–water partition coefficient (Wildman–Crippen LogP) is 1.08. The number of nitrogens with one attached hydrogen (secondary N) is 1. The van der Waals surface area contributed by atoms with Gasteiger partial charge in [0.05, 0.1) is 29.1 Å². The maximum absolute atomic E-state index is 9.17. The second-order valence-corrected chi connectivity index (χ2v) is 3.94. The van der Waals surface area contributed by atoms with Crippen LogP contribution in [0.15, 0.2) is 18.2 Å². The largest absolute Gasteiger partial charge is 0.396 e. The van der Waals surface area contributed by atoms with Gasteiger partial charge in [0.2, 0.25) is 0 Å². The Labute approximate surface area is 88.3 Å². The summed E-state index contributed by atoms with van der Waals surface area (Å²) in [6, 6.07) is 7.32. The molecule has 0 bridgehead atoms. The first-order chi connectivity index (χ1) is 7.21. The molecule has 0 amide bonds. The third-order valence-corrected chi connectivity index (χ3v) is 2.78. The SMILES string of the molecule is N#Cc1cccc(NC2(CO)CC2)c1N. The zero-order valence-corrected chi connectivity index (χ0v) is 8.33. The number of nitrogens with zero attached hydrogens (tertiary/aromatic N) is 1. The highest BCUT2D eigenvalue weighted by Crippen LogP contribution is 2.39. The van der Waals surface area contributed by atoms with Crippen molar-refractivity contribution in [1.29, 1.82) is 5.26 Å². The lowest BCUT2D eigenvalue weighted by molar-refractivity contribution is 0.266. The lowest BCUT2D eigenvalue weighted by Gasteiger charge is -2.17. The molecule has 1 aromatic rings. The van der Waals surface area contributed by atoms with Gasteiger partial charge in [-0.1, -0.05) is 6.07 Å². The summed E-state index contributed by atoms with van der Waals surface area (Å²) >= 11 is 0. The van der Waals surface area contributed by atoms with Crippen LogP contribution >= 0.6 is 0 Å². The molecule has 4 heteroatoms. The fourth-order valence-electron chi connectivity index (χ4n) is 1.53. The number of aliphatic hydroxyl groups is 1. The number of aliphatic hydroxyl groups excluding tert-OH is 1. The van der Waals surface area contributed by atoms with Crippen LogP contribution in [-0.4, -0.2) is 17.3 Å². The highest BCUT2D eigenvalue weighted by molar-refractivity contribution is 5.73. The Morgan fingerprint density at radius 2 is 2.27 bits per heavy atom. The van der Waals surface area contributed by atoms with Crippen molar-refractivity contribution in [3.05, 3.63) is 23.8 Å². The van der Waals surface area contributed by atoms with Gasteiger partial charge >= 0.3 is 0 Å². The van der Waals surface area contributed by atoms with E-state index in [1.165, 1.54) is 0 Å². The summed E-state index contributed by atoms with van der Waals surface area (Å²) in [6.45, 7) is 0.100. The van der Waals surface area contributed by atoms with Crippen molar-refractivity contribution in [3.63, 3.8) is 0 Å². The first-order valence-electron chi connectivity index (χ1n) is 4.88. The number of hydrogen-bond acceptors (Lipinski definition) is 4. The summed E-state index contributed by atoms with van der Waals surface area (Å²) in [5.41, 5.74) is 7.27. The van der Waals surface area contributed by atoms with Crippen LogP contribution in [-0.2, 0) is 0 Å². The monoisotopic (exact) mass is 203 g/mol. The molecule has 0 heterocycles. The second kappa shape index (κ2) is 3.44. The van der Waals surface area contributed by atoms with Crippen molar-refractivity contribution in [2.45, 2.75) is 18.4 Å². The fraction of sp³-hybridized carbons (Fsp3) is 0.364. The Balaban J connectivity index is 2.26. The summed E-state index contributed by atoms with van der Waals surface area (Å²) in [4.78, 5) is 0. The minimum atomic E-state index is -0.206. The molecule has 0 radical (unpaired) electrons. The van der Waals surface area contributed by atoms with E-state index >= 15 is 0 Å². The minimum Gasteiger partial charge on any atom is -0.396 e. The topological polar surface area (TPSA) is 82.1 Å². The Bertz CT molecular complexity index is 418. The molecule has 0 atom stereocenters. The first-order valence-corrected chi connectivity index (χ1v) is 4.88. The van der Waals surface area contributed by atoms with Crippen LogP contribution in [0.5, 0.6) is 0 Å². The zero-order chi connectivity index (χ0) is 10.9. The van der Waals surface area contributed by atoms with Crippen LogP contribution in [0.4, 0.5) is 11.4 Å². The van der Waals surface area contributed by atoms with Crippen molar-refractivity contribution in [2.24, 2.45) is 0 Å². The van der Waals surface area contributed by atoms with Gasteiger partial charge in [0.25, 0.3) is 0 Å². The van der Waals surface area contributed by atoms with E-state index in [0.717, 1.165) is 18.5 Å². The van der Waals surface area contributed by atoms with Crippen molar-refractivity contribution in [3.8, 4) is 6.07 Å². The van der Waals surface area contributed by atoms with Crippen molar-refractivity contribution in [1.82, 2.24) is 0 Å². The summed E-state index contributed by atoms with van der Waals surface area (Å²) in [5.74, 6) is 0. The van der Waals surface area contributed by atoms with Crippen LogP contribution in [0.25, 0.3) is 0 Å². The van der Waals surface area contributed by atoms with Gasteiger partial charge in [-0.15, -0.1) is 0 Å². The number of benzene rings is 1. The van der Waals surface area contributed by atoms with E-state index in [1.807, 2.05) is 12.1 Å². The number of anilines is 2. The molecular formula is C11H13N3O. The van der Waals surface area contributed by atoms with E-state index in [2.05, 4.69) is 5.32 Å². The summed E-state index contributed by atoms with van der Waals surface area (Å²) in [7, 11) is 0. The number of nitriles is 1. The van der Waals surface area contributed by atoms with Crippen LogP contribution in [0.3, 0.4) is 0 Å². The molecule has 0 spiro atoms. The van der Waals surface area contributed by atoms with Crippen LogP contribution in [0.2, 0.25) is 0 Å². The Morgan fingerprint density at radius 1 is 1.53 bits per heavy atom. The molecule has 4 nitrogen and oxygen atoms in total. The quantitative estimate of drug-likeness (QED) is 0.642. The van der Waals surface area contributed by atoms with Crippen molar-refractivity contribution in [2.75, 3.05) is 17.7 Å². The fourth-order valence-corrected chi connectivity index (χ4v) is 1.53. The molecule has 78 valence electrons. The van der Waals surface area contributed by atoms with Crippen LogP contribution in [0.1, 0.15) is 18.4 Å². The van der Waals surface area contributed by atoms with E-state index in [9.17, 15) is 0 Å². The van der Waals surface area contributed by atoms with E-state index in [0.29, 0.717) is 11.3 Å². The number of rotatable bonds is 3. The number of para-hydroxylation sites is 1. The normalized spacial score (nSPS) is 16.8. The van der Waals surface area contributed by atoms with Crippen molar-refractivity contribution >= 4 is 11.4 Å². The predicted molar refractivity (Wildman–Crippen MR) is 58.2 cm³/mol. The maximum atomic E-state index is 9.17. The highest BCUT2D eigenvalue weighted by atomic mass is 16.3. The molecule has 0 saturated heterocycles. The molecule has 1 aromatic carbocycles. The molecule has 0 unspecified atom stereocenters. The lowest BCUT2D eigenvalue weighted by Crippen LogP contribution is -2.26. The number of hydrogen-bond donors (Lipinski definition) is 3. The molecule has 1 aliphatic carbocycles. The molecular weight excluding hydrogens is 190 g/mol. The zero-order valence-electron chi connectivity index (χ0n) is 8.33. The van der Waals surface area contributed by atoms with Gasteiger partial charge in [0.1, 0.15) is 6.07 Å². The molecule has 1 aliphatic rings. The smallest absolute Gasteiger partial charge is 0.101 e. The van der Waals surface area contributed by atoms with Gasteiger partial charge in [-0.2, -0.15) is 5.26 Å². The summed E-state index contributed by atoms with van der Waals surface area (Å²) in [5, 5.41) is 21.2. The molecule has 2 rings (SSSR count).